The Morgan fingerprint density at radius 2 is 1.96 bits per heavy atom. The average Bonchev–Trinajstić information content (AvgIpc) is 2.54. The summed E-state index contributed by atoms with van der Waals surface area (Å²) in [5.41, 5.74) is 0.406. The summed E-state index contributed by atoms with van der Waals surface area (Å²) in [4.78, 5) is 23.9. The molecule has 0 atom stereocenters. The van der Waals surface area contributed by atoms with Gasteiger partial charge in [-0.3, -0.25) is 9.59 Å². The van der Waals surface area contributed by atoms with Crippen molar-refractivity contribution in [3.8, 4) is 11.3 Å². The first kappa shape index (κ1) is 15.4. The molecule has 1 aromatic carbocycles. The summed E-state index contributed by atoms with van der Waals surface area (Å²) in [7, 11) is 0. The maximum atomic E-state index is 12.0. The molecule has 0 unspecified atom stereocenters. The van der Waals surface area contributed by atoms with Crippen molar-refractivity contribution in [3.05, 3.63) is 52.8 Å². The smallest absolute Gasteiger partial charge is 0.267 e. The number of aliphatic hydroxyl groups is 1. The molecule has 2 N–H and O–H groups in total. The number of nitrogens with zero attached hydrogens (tertiary/aromatic N) is 2. The van der Waals surface area contributed by atoms with E-state index in [1.165, 1.54) is 6.07 Å². The fourth-order valence-electron chi connectivity index (χ4n) is 2.54. The number of aromatic nitrogens is 2. The Bertz CT molecular complexity index is 751. The molecule has 2 aromatic rings. The first-order valence-corrected chi connectivity index (χ1v) is 7.68. The van der Waals surface area contributed by atoms with Gasteiger partial charge in [0.05, 0.1) is 11.3 Å². The highest BCUT2D eigenvalue weighted by Crippen LogP contribution is 2.30. The summed E-state index contributed by atoms with van der Waals surface area (Å²) >= 11 is 0. The van der Waals surface area contributed by atoms with Crippen LogP contribution >= 0.6 is 0 Å². The lowest BCUT2D eigenvalue weighted by Gasteiger charge is -2.36. The monoisotopic (exact) mass is 313 g/mol. The molecular formula is C17H19N3O3. The Balaban J connectivity index is 1.69. The molecule has 0 aliphatic heterocycles. The van der Waals surface area contributed by atoms with Gasteiger partial charge < -0.3 is 10.4 Å². The minimum Gasteiger partial charge on any atom is -0.388 e. The summed E-state index contributed by atoms with van der Waals surface area (Å²) < 4.78 is 1.14. The van der Waals surface area contributed by atoms with Crippen molar-refractivity contribution in [1.29, 1.82) is 0 Å². The molecule has 0 bridgehead atoms. The van der Waals surface area contributed by atoms with Gasteiger partial charge in [-0.1, -0.05) is 30.3 Å². The minimum atomic E-state index is -0.778. The van der Waals surface area contributed by atoms with Gasteiger partial charge in [0.25, 0.3) is 5.56 Å². The van der Waals surface area contributed by atoms with Gasteiger partial charge in [-0.25, -0.2) is 4.68 Å². The highest BCUT2D eigenvalue weighted by atomic mass is 16.3. The van der Waals surface area contributed by atoms with Crippen molar-refractivity contribution in [2.75, 3.05) is 6.54 Å². The third-order valence-corrected chi connectivity index (χ3v) is 4.13. The van der Waals surface area contributed by atoms with Gasteiger partial charge in [0, 0.05) is 18.2 Å². The van der Waals surface area contributed by atoms with E-state index in [-0.39, 0.29) is 24.6 Å². The molecule has 1 heterocycles. The third-order valence-electron chi connectivity index (χ3n) is 4.13. The topological polar surface area (TPSA) is 84.2 Å². The lowest BCUT2D eigenvalue weighted by molar-refractivity contribution is -0.124. The molecule has 3 rings (SSSR count). The highest BCUT2D eigenvalue weighted by molar-refractivity contribution is 5.75. The van der Waals surface area contributed by atoms with Crippen LogP contribution in [0.2, 0.25) is 0 Å². The summed E-state index contributed by atoms with van der Waals surface area (Å²) in [5, 5.41) is 16.9. The van der Waals surface area contributed by atoms with Crippen molar-refractivity contribution in [2.24, 2.45) is 0 Å². The zero-order valence-corrected chi connectivity index (χ0v) is 12.7. The number of nitrogens with one attached hydrogen (secondary N) is 1. The predicted molar refractivity (Wildman–Crippen MR) is 85.7 cm³/mol. The van der Waals surface area contributed by atoms with Crippen LogP contribution in [0.3, 0.4) is 0 Å². The quantitative estimate of drug-likeness (QED) is 0.860. The average molecular weight is 313 g/mol. The summed E-state index contributed by atoms with van der Waals surface area (Å²) in [6, 6.07) is 12.5. The van der Waals surface area contributed by atoms with Crippen LogP contribution in [-0.2, 0) is 11.3 Å². The second-order valence-corrected chi connectivity index (χ2v) is 5.94. The van der Waals surface area contributed by atoms with E-state index in [0.717, 1.165) is 16.7 Å². The van der Waals surface area contributed by atoms with E-state index >= 15 is 0 Å². The molecule has 1 amide bonds. The zero-order chi connectivity index (χ0) is 16.3. The molecule has 1 aromatic heterocycles. The van der Waals surface area contributed by atoms with Crippen LogP contribution < -0.4 is 10.9 Å². The molecule has 6 nitrogen and oxygen atoms in total. The van der Waals surface area contributed by atoms with E-state index in [0.29, 0.717) is 18.5 Å². The lowest BCUT2D eigenvalue weighted by atomic mass is 9.80. The Morgan fingerprint density at radius 1 is 1.22 bits per heavy atom. The second-order valence-electron chi connectivity index (χ2n) is 5.94. The van der Waals surface area contributed by atoms with Crippen LogP contribution in [-0.4, -0.2) is 32.9 Å². The first-order chi connectivity index (χ1) is 11.1. The van der Waals surface area contributed by atoms with Crippen molar-refractivity contribution in [2.45, 2.75) is 31.4 Å². The maximum Gasteiger partial charge on any atom is 0.267 e. The van der Waals surface area contributed by atoms with Crippen LogP contribution in [0, 0.1) is 0 Å². The number of carbonyl (C=O) groups is 1. The fraction of sp³-hybridized carbons (Fsp3) is 0.353. The molecule has 0 radical (unpaired) electrons. The van der Waals surface area contributed by atoms with Crippen LogP contribution in [0.25, 0.3) is 11.3 Å². The van der Waals surface area contributed by atoms with Gasteiger partial charge in [0.2, 0.25) is 5.91 Å². The van der Waals surface area contributed by atoms with Gasteiger partial charge in [-0.15, -0.1) is 0 Å². The molecule has 0 saturated heterocycles. The normalized spacial score (nSPS) is 15.7. The van der Waals surface area contributed by atoms with Crippen LogP contribution in [0.4, 0.5) is 0 Å². The largest absolute Gasteiger partial charge is 0.388 e. The molecule has 0 spiro atoms. The van der Waals surface area contributed by atoms with Gasteiger partial charge in [-0.05, 0) is 25.3 Å². The number of hydrogen-bond acceptors (Lipinski definition) is 4. The third kappa shape index (κ3) is 3.65. The Hall–Kier alpha value is -2.47. The Morgan fingerprint density at radius 3 is 2.61 bits per heavy atom. The fourth-order valence-corrected chi connectivity index (χ4v) is 2.54. The van der Waals surface area contributed by atoms with E-state index in [9.17, 15) is 14.7 Å². The molecule has 1 aliphatic carbocycles. The van der Waals surface area contributed by atoms with Crippen LogP contribution in [0.5, 0.6) is 0 Å². The Kier molecular flexibility index (Phi) is 4.25. The minimum absolute atomic E-state index is 0.157. The molecule has 23 heavy (non-hydrogen) atoms. The number of benzene rings is 1. The SMILES string of the molecule is O=C(Cn1nc(-c2ccccc2)ccc1=O)NCC1(O)CCC1. The summed E-state index contributed by atoms with van der Waals surface area (Å²) in [6.07, 6.45) is 2.39. The molecule has 6 heteroatoms. The second kappa shape index (κ2) is 6.34. The van der Waals surface area contributed by atoms with Crippen molar-refractivity contribution in [1.82, 2.24) is 15.1 Å². The van der Waals surface area contributed by atoms with E-state index in [2.05, 4.69) is 10.4 Å². The van der Waals surface area contributed by atoms with E-state index in [4.69, 9.17) is 0 Å². The summed E-state index contributed by atoms with van der Waals surface area (Å²) in [5.74, 6) is -0.329. The van der Waals surface area contributed by atoms with E-state index in [1.54, 1.807) is 6.07 Å². The number of amides is 1. The predicted octanol–water partition coefficient (Wildman–Crippen LogP) is 0.941. The van der Waals surface area contributed by atoms with Crippen molar-refractivity contribution < 1.29 is 9.90 Å². The standard InChI is InChI=1S/C17H19N3O3/c21-15(18-12-17(23)9-4-10-17)11-20-16(22)8-7-14(19-20)13-5-2-1-3-6-13/h1-3,5-8,23H,4,9-12H2,(H,18,21). The van der Waals surface area contributed by atoms with E-state index < -0.39 is 5.60 Å². The highest BCUT2D eigenvalue weighted by Gasteiger charge is 2.34. The number of rotatable bonds is 5. The van der Waals surface area contributed by atoms with Crippen LogP contribution in [0.15, 0.2) is 47.3 Å². The molecule has 1 aliphatic rings. The number of carbonyl (C=O) groups excluding carboxylic acids is 1. The van der Waals surface area contributed by atoms with Gasteiger partial charge in [0.1, 0.15) is 6.54 Å². The first-order valence-electron chi connectivity index (χ1n) is 7.68. The van der Waals surface area contributed by atoms with E-state index in [1.807, 2.05) is 30.3 Å². The molecular weight excluding hydrogens is 294 g/mol. The van der Waals surface area contributed by atoms with Gasteiger partial charge in [0.15, 0.2) is 0 Å². The van der Waals surface area contributed by atoms with Gasteiger partial charge >= 0.3 is 0 Å². The van der Waals surface area contributed by atoms with Crippen molar-refractivity contribution >= 4 is 5.91 Å². The Labute approximate surface area is 133 Å². The van der Waals surface area contributed by atoms with Crippen molar-refractivity contribution in [3.63, 3.8) is 0 Å². The summed E-state index contributed by atoms with van der Waals surface area (Å²) in [6.45, 7) is 0.0640. The maximum absolute atomic E-state index is 12.0. The molecule has 1 saturated carbocycles. The van der Waals surface area contributed by atoms with Crippen LogP contribution in [0.1, 0.15) is 19.3 Å². The zero-order valence-electron chi connectivity index (χ0n) is 12.7. The molecule has 120 valence electrons. The number of hydrogen-bond donors (Lipinski definition) is 2. The molecule has 1 fully saturated rings. The van der Waals surface area contributed by atoms with Gasteiger partial charge in [-0.2, -0.15) is 5.10 Å². The lowest BCUT2D eigenvalue weighted by Crippen LogP contribution is -2.48.